The van der Waals surface area contributed by atoms with Crippen LogP contribution in [0.2, 0.25) is 0 Å². The van der Waals surface area contributed by atoms with Gasteiger partial charge in [0.25, 0.3) is 0 Å². The fourth-order valence-electron chi connectivity index (χ4n) is 2.71. The van der Waals surface area contributed by atoms with Gasteiger partial charge in [0, 0.05) is 0 Å². The van der Waals surface area contributed by atoms with E-state index in [2.05, 4.69) is 41.0 Å². The summed E-state index contributed by atoms with van der Waals surface area (Å²) in [6.45, 7) is 9.94. The Morgan fingerprint density at radius 2 is 1.75 bits per heavy atom. The van der Waals surface area contributed by atoms with E-state index in [0.29, 0.717) is 17.2 Å². The number of halogens is 2. The van der Waals surface area contributed by atoms with Gasteiger partial charge >= 0.3 is 0 Å². The van der Waals surface area contributed by atoms with Gasteiger partial charge in [0.15, 0.2) is 0 Å². The van der Waals surface area contributed by atoms with E-state index >= 15 is 0 Å². The van der Waals surface area contributed by atoms with Crippen molar-refractivity contribution < 1.29 is 14.3 Å². The Bertz CT molecular complexity index is 639. The molecule has 0 radical (unpaired) electrons. The van der Waals surface area contributed by atoms with Crippen molar-refractivity contribution in [3.63, 3.8) is 0 Å². The van der Waals surface area contributed by atoms with Crippen molar-refractivity contribution >= 4 is 33.2 Å². The number of rotatable bonds is 14. The molecule has 0 atom stereocenters. The zero-order valence-electron chi connectivity index (χ0n) is 17.5. The van der Waals surface area contributed by atoms with Gasteiger partial charge in [-0.1, -0.05) is 36.5 Å². The highest BCUT2D eigenvalue weighted by Gasteiger charge is 2.09. The minimum absolute atomic E-state index is 0.433. The summed E-state index contributed by atoms with van der Waals surface area (Å²) >= 11 is 8.95. The summed E-state index contributed by atoms with van der Waals surface area (Å²) in [6.07, 6.45) is 8.31. The summed E-state index contributed by atoms with van der Waals surface area (Å²) in [5.41, 5.74) is 3.23. The van der Waals surface area contributed by atoms with E-state index < -0.39 is 0 Å². The van der Waals surface area contributed by atoms with Gasteiger partial charge < -0.3 is 14.3 Å². The van der Waals surface area contributed by atoms with Gasteiger partial charge in [0.05, 0.1) is 16.3 Å². The van der Waals surface area contributed by atoms with Crippen LogP contribution in [0.15, 0.2) is 27.3 Å². The standard InChI is InChI=1S/C22H33BrClNO3/c1-5-19-16-20(26-14-11-21(23)24)15-18(4)22(19)27-12-9-7-6-8-10-13-28-25-17(2)3/h11,15-16H,5-10,12-14H2,1-4H3/b21-11+. The maximum Gasteiger partial charge on any atom is 0.125 e. The molecule has 0 saturated heterocycles. The number of hydrogen-bond donors (Lipinski definition) is 0. The van der Waals surface area contributed by atoms with Crippen LogP contribution >= 0.6 is 27.5 Å². The fraction of sp³-hybridized carbons (Fsp3) is 0.591. The highest BCUT2D eigenvalue weighted by Crippen LogP contribution is 2.30. The average molecular weight is 475 g/mol. The quantitative estimate of drug-likeness (QED) is 0.163. The van der Waals surface area contributed by atoms with Gasteiger partial charge in [0.1, 0.15) is 24.7 Å². The SMILES string of the molecule is CCc1cc(OC/C=C(/Cl)Br)cc(C)c1OCCCCCCCON=C(C)C. The molecule has 0 spiro atoms. The van der Waals surface area contributed by atoms with Gasteiger partial charge in [-0.15, -0.1) is 0 Å². The molecule has 1 aromatic carbocycles. The zero-order valence-corrected chi connectivity index (χ0v) is 19.9. The second-order valence-corrected chi connectivity index (χ2v) is 8.59. The molecule has 0 fully saturated rings. The second kappa shape index (κ2) is 14.7. The average Bonchev–Trinajstić information content (AvgIpc) is 2.63. The summed E-state index contributed by atoms with van der Waals surface area (Å²) < 4.78 is 12.4. The number of unbranched alkanes of at least 4 members (excludes halogenated alkanes) is 4. The van der Waals surface area contributed by atoms with Crippen molar-refractivity contribution in [2.45, 2.75) is 66.2 Å². The van der Waals surface area contributed by atoms with Crippen molar-refractivity contribution in [1.82, 2.24) is 0 Å². The van der Waals surface area contributed by atoms with Crippen molar-refractivity contribution in [2.24, 2.45) is 5.16 Å². The highest BCUT2D eigenvalue weighted by atomic mass is 79.9. The van der Waals surface area contributed by atoms with Crippen molar-refractivity contribution in [3.8, 4) is 11.5 Å². The number of nitrogens with zero attached hydrogens (tertiary/aromatic N) is 1. The molecule has 1 rings (SSSR count). The van der Waals surface area contributed by atoms with Crippen LogP contribution in [0.25, 0.3) is 0 Å². The van der Waals surface area contributed by atoms with E-state index in [1.54, 1.807) is 6.08 Å². The summed E-state index contributed by atoms with van der Waals surface area (Å²) in [6, 6.07) is 4.07. The molecule has 0 heterocycles. The third kappa shape index (κ3) is 11.0. The van der Waals surface area contributed by atoms with E-state index in [1.807, 2.05) is 19.9 Å². The predicted molar refractivity (Wildman–Crippen MR) is 122 cm³/mol. The third-order valence-electron chi connectivity index (χ3n) is 4.07. The largest absolute Gasteiger partial charge is 0.493 e. The van der Waals surface area contributed by atoms with Gasteiger partial charge in [0.2, 0.25) is 0 Å². The second-order valence-electron chi connectivity index (χ2n) is 6.87. The van der Waals surface area contributed by atoms with Gasteiger partial charge in [-0.3, -0.25) is 0 Å². The monoisotopic (exact) mass is 473 g/mol. The molecule has 28 heavy (non-hydrogen) atoms. The van der Waals surface area contributed by atoms with E-state index in [-0.39, 0.29) is 0 Å². The number of benzene rings is 1. The zero-order chi connectivity index (χ0) is 20.8. The molecule has 0 aliphatic carbocycles. The molecular formula is C22H33BrClNO3. The fourth-order valence-corrected chi connectivity index (χ4v) is 2.91. The molecule has 0 aliphatic heterocycles. The third-order valence-corrected chi connectivity index (χ3v) is 4.55. The van der Waals surface area contributed by atoms with Crippen LogP contribution in [0, 0.1) is 6.92 Å². The highest BCUT2D eigenvalue weighted by molar-refractivity contribution is 9.12. The van der Waals surface area contributed by atoms with Gasteiger partial charge in [-0.2, -0.15) is 0 Å². The minimum Gasteiger partial charge on any atom is -0.493 e. The Labute approximate surface area is 183 Å². The van der Waals surface area contributed by atoms with E-state index in [9.17, 15) is 0 Å². The molecule has 0 aromatic heterocycles. The number of aryl methyl sites for hydroxylation is 2. The molecule has 158 valence electrons. The summed E-state index contributed by atoms with van der Waals surface area (Å²) in [5, 5.41) is 3.94. The maximum absolute atomic E-state index is 6.09. The van der Waals surface area contributed by atoms with E-state index in [1.165, 1.54) is 12.0 Å². The maximum atomic E-state index is 6.09. The normalized spacial score (nSPS) is 11.3. The Kier molecular flexibility index (Phi) is 13.1. The van der Waals surface area contributed by atoms with Gasteiger partial charge in [-0.05, 0) is 91.7 Å². The van der Waals surface area contributed by atoms with Crippen LogP contribution in [-0.2, 0) is 11.3 Å². The molecule has 6 heteroatoms. The Hall–Kier alpha value is -1.20. The van der Waals surface area contributed by atoms with Crippen LogP contribution in [0.1, 0.15) is 64.0 Å². The lowest BCUT2D eigenvalue weighted by Gasteiger charge is -2.15. The van der Waals surface area contributed by atoms with Crippen LogP contribution < -0.4 is 9.47 Å². The minimum atomic E-state index is 0.433. The molecule has 0 amide bonds. The first-order chi connectivity index (χ1) is 13.4. The van der Waals surface area contributed by atoms with Crippen LogP contribution in [0.3, 0.4) is 0 Å². The van der Waals surface area contributed by atoms with Gasteiger partial charge in [-0.25, -0.2) is 0 Å². The number of ether oxygens (including phenoxy) is 2. The summed E-state index contributed by atoms with van der Waals surface area (Å²) in [7, 11) is 0. The summed E-state index contributed by atoms with van der Waals surface area (Å²) in [5.74, 6) is 1.83. The molecule has 0 saturated carbocycles. The van der Waals surface area contributed by atoms with Crippen molar-refractivity contribution in [3.05, 3.63) is 33.3 Å². The lowest BCUT2D eigenvalue weighted by molar-refractivity contribution is 0.139. The Balaban J connectivity index is 2.33. The van der Waals surface area contributed by atoms with Crippen molar-refractivity contribution in [1.29, 1.82) is 0 Å². The smallest absolute Gasteiger partial charge is 0.125 e. The van der Waals surface area contributed by atoms with E-state index in [4.69, 9.17) is 25.9 Å². The molecule has 0 unspecified atom stereocenters. The van der Waals surface area contributed by atoms with Crippen LogP contribution in [-0.4, -0.2) is 25.5 Å². The molecule has 0 bridgehead atoms. The molecule has 1 aromatic rings. The number of oxime groups is 1. The first-order valence-corrected chi connectivity index (χ1v) is 11.1. The lowest BCUT2D eigenvalue weighted by atomic mass is 10.1. The van der Waals surface area contributed by atoms with Crippen LogP contribution in [0.5, 0.6) is 11.5 Å². The molecule has 0 N–H and O–H groups in total. The molecule has 0 aliphatic rings. The number of hydrogen-bond acceptors (Lipinski definition) is 4. The van der Waals surface area contributed by atoms with E-state index in [0.717, 1.165) is 61.5 Å². The van der Waals surface area contributed by atoms with Crippen LogP contribution in [0.4, 0.5) is 0 Å². The topological polar surface area (TPSA) is 40.0 Å². The Morgan fingerprint density at radius 1 is 1.07 bits per heavy atom. The summed E-state index contributed by atoms with van der Waals surface area (Å²) in [4.78, 5) is 5.21. The molecule has 4 nitrogen and oxygen atoms in total. The first kappa shape index (κ1) is 24.8. The van der Waals surface area contributed by atoms with Crippen molar-refractivity contribution in [2.75, 3.05) is 19.8 Å². The molecular weight excluding hydrogens is 442 g/mol. The predicted octanol–water partition coefficient (Wildman–Crippen LogP) is 7.15. The lowest BCUT2D eigenvalue weighted by Crippen LogP contribution is -2.03. The first-order valence-electron chi connectivity index (χ1n) is 9.97. The Morgan fingerprint density at radius 3 is 2.39 bits per heavy atom.